The van der Waals surface area contributed by atoms with Gasteiger partial charge in [0.15, 0.2) is 0 Å². The highest BCUT2D eigenvalue weighted by atomic mass is 16.3. The summed E-state index contributed by atoms with van der Waals surface area (Å²) in [5.74, 6) is 1.64. The molecule has 3 nitrogen and oxygen atoms in total. The summed E-state index contributed by atoms with van der Waals surface area (Å²) in [4.78, 5) is 2.41. The van der Waals surface area contributed by atoms with Gasteiger partial charge in [-0.3, -0.25) is 0 Å². The third-order valence-corrected chi connectivity index (χ3v) is 4.54. The van der Waals surface area contributed by atoms with Crippen molar-refractivity contribution in [1.82, 2.24) is 10.2 Å². The van der Waals surface area contributed by atoms with Crippen LogP contribution in [0.5, 0.6) is 0 Å². The molecule has 1 heterocycles. The number of hydrogen-bond acceptors (Lipinski definition) is 3. The lowest BCUT2D eigenvalue weighted by atomic mass is 9.94. The fourth-order valence-electron chi connectivity index (χ4n) is 3.10. The Morgan fingerprint density at radius 1 is 1.26 bits per heavy atom. The summed E-state index contributed by atoms with van der Waals surface area (Å²) in [5, 5.41) is 13.5. The minimum absolute atomic E-state index is 0.215. The van der Waals surface area contributed by atoms with Crippen LogP contribution in [0.2, 0.25) is 0 Å². The second-order valence-electron chi connectivity index (χ2n) is 6.45. The van der Waals surface area contributed by atoms with Crippen LogP contribution in [0.1, 0.15) is 39.0 Å². The molecule has 1 fully saturated rings. The van der Waals surface area contributed by atoms with Gasteiger partial charge in [0.1, 0.15) is 0 Å². The number of allylic oxidation sites excluding steroid dienone is 2. The molecule has 110 valence electrons. The van der Waals surface area contributed by atoms with E-state index in [1.54, 1.807) is 0 Å². The van der Waals surface area contributed by atoms with Crippen molar-refractivity contribution in [3.05, 3.63) is 12.2 Å². The minimum Gasteiger partial charge on any atom is -0.390 e. The molecule has 0 amide bonds. The van der Waals surface area contributed by atoms with E-state index in [1.165, 1.54) is 32.1 Å². The van der Waals surface area contributed by atoms with E-state index in [0.29, 0.717) is 0 Å². The summed E-state index contributed by atoms with van der Waals surface area (Å²) in [6, 6.07) is 0. The van der Waals surface area contributed by atoms with Crippen molar-refractivity contribution in [2.75, 3.05) is 32.7 Å². The Morgan fingerprint density at radius 3 is 2.74 bits per heavy atom. The fraction of sp³-hybridized carbons (Fsp3) is 0.875. The third kappa shape index (κ3) is 5.64. The molecule has 0 radical (unpaired) electrons. The lowest BCUT2D eigenvalue weighted by Gasteiger charge is -2.31. The largest absolute Gasteiger partial charge is 0.390 e. The molecule has 0 aromatic carbocycles. The highest BCUT2D eigenvalue weighted by Gasteiger charge is 2.18. The number of nitrogens with one attached hydrogen (secondary N) is 1. The molecule has 0 spiro atoms. The molecule has 2 atom stereocenters. The SMILES string of the molecule is CC1CCN(CC(O)CNCC2CC=CCC2)CC1. The number of likely N-dealkylation sites (tertiary alicyclic amines) is 1. The maximum absolute atomic E-state index is 10.1. The van der Waals surface area contributed by atoms with Gasteiger partial charge in [0.2, 0.25) is 0 Å². The number of nitrogens with zero attached hydrogens (tertiary/aromatic N) is 1. The van der Waals surface area contributed by atoms with Crippen LogP contribution in [-0.2, 0) is 0 Å². The number of rotatable bonds is 6. The molecule has 19 heavy (non-hydrogen) atoms. The zero-order chi connectivity index (χ0) is 13.5. The van der Waals surface area contributed by atoms with Gasteiger partial charge in [-0.15, -0.1) is 0 Å². The van der Waals surface area contributed by atoms with Gasteiger partial charge in [0.25, 0.3) is 0 Å². The zero-order valence-electron chi connectivity index (χ0n) is 12.4. The number of β-amino-alcohol motifs (C(OH)–C–C–N with tert-alkyl or cyclic N) is 1. The van der Waals surface area contributed by atoms with E-state index in [9.17, 15) is 5.11 Å². The molecule has 0 aromatic rings. The standard InChI is InChI=1S/C16H30N2O/c1-14-7-9-18(10-8-14)13-16(19)12-17-11-15-5-3-2-4-6-15/h2-3,14-17,19H,4-13H2,1H3. The summed E-state index contributed by atoms with van der Waals surface area (Å²) in [5.41, 5.74) is 0. The normalized spacial score (nSPS) is 27.6. The molecule has 2 N–H and O–H groups in total. The molecule has 0 bridgehead atoms. The van der Waals surface area contributed by atoms with Crippen LogP contribution >= 0.6 is 0 Å². The monoisotopic (exact) mass is 266 g/mol. The first-order valence-corrected chi connectivity index (χ1v) is 8.00. The van der Waals surface area contributed by atoms with E-state index < -0.39 is 0 Å². The summed E-state index contributed by atoms with van der Waals surface area (Å²) >= 11 is 0. The molecule has 0 aromatic heterocycles. The van der Waals surface area contributed by atoms with Gasteiger partial charge in [-0.05, 0) is 63.6 Å². The topological polar surface area (TPSA) is 35.5 Å². The van der Waals surface area contributed by atoms with Crippen molar-refractivity contribution < 1.29 is 5.11 Å². The quantitative estimate of drug-likeness (QED) is 0.722. The fourth-order valence-corrected chi connectivity index (χ4v) is 3.10. The smallest absolute Gasteiger partial charge is 0.0791 e. The van der Waals surface area contributed by atoms with Crippen LogP contribution in [0, 0.1) is 11.8 Å². The highest BCUT2D eigenvalue weighted by molar-refractivity contribution is 4.90. The van der Waals surface area contributed by atoms with Crippen LogP contribution < -0.4 is 5.32 Å². The predicted molar refractivity (Wildman–Crippen MR) is 80.2 cm³/mol. The summed E-state index contributed by atoms with van der Waals surface area (Å²) in [7, 11) is 0. The van der Waals surface area contributed by atoms with Crippen molar-refractivity contribution in [1.29, 1.82) is 0 Å². The van der Waals surface area contributed by atoms with Gasteiger partial charge in [-0.1, -0.05) is 19.1 Å². The lowest BCUT2D eigenvalue weighted by Crippen LogP contribution is -2.42. The first kappa shape index (κ1) is 15.0. The Bertz CT molecular complexity index is 272. The van der Waals surface area contributed by atoms with E-state index in [-0.39, 0.29) is 6.10 Å². The van der Waals surface area contributed by atoms with E-state index >= 15 is 0 Å². The van der Waals surface area contributed by atoms with Crippen LogP contribution in [0.4, 0.5) is 0 Å². The van der Waals surface area contributed by atoms with E-state index in [0.717, 1.165) is 44.6 Å². The second-order valence-corrected chi connectivity index (χ2v) is 6.45. The first-order chi connectivity index (χ1) is 9.24. The van der Waals surface area contributed by atoms with Gasteiger partial charge < -0.3 is 15.3 Å². The van der Waals surface area contributed by atoms with Crippen molar-refractivity contribution in [3.8, 4) is 0 Å². The number of piperidine rings is 1. The summed E-state index contributed by atoms with van der Waals surface area (Å²) in [6.07, 6.45) is 10.7. The van der Waals surface area contributed by atoms with Crippen molar-refractivity contribution in [2.45, 2.75) is 45.1 Å². The average Bonchev–Trinajstić information content (AvgIpc) is 2.43. The lowest BCUT2D eigenvalue weighted by molar-refractivity contribution is 0.0901. The van der Waals surface area contributed by atoms with Gasteiger partial charge in [0.05, 0.1) is 6.10 Å². The van der Waals surface area contributed by atoms with E-state index in [2.05, 4.69) is 29.3 Å². The molecule has 1 saturated heterocycles. The Labute approximate surface area is 118 Å². The van der Waals surface area contributed by atoms with Gasteiger partial charge in [-0.25, -0.2) is 0 Å². The zero-order valence-corrected chi connectivity index (χ0v) is 12.4. The Balaban J connectivity index is 1.54. The Morgan fingerprint density at radius 2 is 2.05 bits per heavy atom. The van der Waals surface area contributed by atoms with Crippen molar-refractivity contribution >= 4 is 0 Å². The van der Waals surface area contributed by atoms with Crippen LogP contribution in [-0.4, -0.2) is 48.8 Å². The van der Waals surface area contributed by atoms with Crippen molar-refractivity contribution in [2.24, 2.45) is 11.8 Å². The first-order valence-electron chi connectivity index (χ1n) is 8.00. The highest BCUT2D eigenvalue weighted by Crippen LogP contribution is 2.17. The predicted octanol–water partition coefficient (Wildman–Crippen LogP) is 2.03. The number of hydrogen-bond donors (Lipinski definition) is 2. The molecule has 1 aliphatic carbocycles. The Kier molecular flexibility index (Phi) is 6.35. The molecule has 3 heteroatoms. The van der Waals surface area contributed by atoms with Gasteiger partial charge in [0, 0.05) is 13.1 Å². The molecule has 1 aliphatic heterocycles. The molecule has 2 rings (SSSR count). The van der Waals surface area contributed by atoms with Crippen LogP contribution in [0.25, 0.3) is 0 Å². The number of aliphatic hydroxyl groups excluding tert-OH is 1. The molecule has 2 unspecified atom stereocenters. The van der Waals surface area contributed by atoms with E-state index in [4.69, 9.17) is 0 Å². The molecule has 2 aliphatic rings. The number of aliphatic hydroxyl groups is 1. The van der Waals surface area contributed by atoms with Gasteiger partial charge >= 0.3 is 0 Å². The summed E-state index contributed by atoms with van der Waals surface area (Å²) in [6.45, 7) is 7.28. The average molecular weight is 266 g/mol. The third-order valence-electron chi connectivity index (χ3n) is 4.54. The summed E-state index contributed by atoms with van der Waals surface area (Å²) < 4.78 is 0. The molecule has 0 saturated carbocycles. The maximum atomic E-state index is 10.1. The Hall–Kier alpha value is -0.380. The van der Waals surface area contributed by atoms with Gasteiger partial charge in [-0.2, -0.15) is 0 Å². The maximum Gasteiger partial charge on any atom is 0.0791 e. The second kappa shape index (κ2) is 8.03. The minimum atomic E-state index is -0.215. The van der Waals surface area contributed by atoms with E-state index in [1.807, 2.05) is 0 Å². The van der Waals surface area contributed by atoms with Crippen LogP contribution in [0.15, 0.2) is 12.2 Å². The molecular weight excluding hydrogens is 236 g/mol. The van der Waals surface area contributed by atoms with Crippen molar-refractivity contribution in [3.63, 3.8) is 0 Å². The molecular formula is C16H30N2O. The van der Waals surface area contributed by atoms with Crippen LogP contribution in [0.3, 0.4) is 0 Å².